The van der Waals surface area contributed by atoms with Gasteiger partial charge < -0.3 is 10.4 Å². The van der Waals surface area contributed by atoms with Gasteiger partial charge in [0.1, 0.15) is 0 Å². The van der Waals surface area contributed by atoms with E-state index in [4.69, 9.17) is 5.11 Å². The fourth-order valence-electron chi connectivity index (χ4n) is 1.29. The number of rotatable bonds is 6. The van der Waals surface area contributed by atoms with Crippen LogP contribution < -0.4 is 5.32 Å². The molecule has 0 unspecified atom stereocenters. The average Bonchev–Trinajstić information content (AvgIpc) is 2.34. The van der Waals surface area contributed by atoms with E-state index in [1.54, 1.807) is 24.3 Å². The third-order valence-corrected chi connectivity index (χ3v) is 3.60. The van der Waals surface area contributed by atoms with E-state index in [-0.39, 0.29) is 12.0 Å². The molecule has 0 heterocycles. The molecule has 0 bridgehead atoms. The predicted molar refractivity (Wildman–Crippen MR) is 72.6 cm³/mol. The van der Waals surface area contributed by atoms with Crippen LogP contribution in [0.15, 0.2) is 29.2 Å². The molecule has 19 heavy (non-hydrogen) atoms. The fourth-order valence-corrected chi connectivity index (χ4v) is 2.08. The zero-order valence-corrected chi connectivity index (χ0v) is 11.7. The van der Waals surface area contributed by atoms with Crippen LogP contribution in [0.5, 0.6) is 0 Å². The maximum Gasteiger partial charge on any atom is 0.398 e. The Bertz CT molecular complexity index is 407. The van der Waals surface area contributed by atoms with Gasteiger partial charge in [-0.1, -0.05) is 26.0 Å². The number of alkyl halides is 3. The second kappa shape index (κ2) is 6.52. The minimum absolute atomic E-state index is 0.0118. The van der Waals surface area contributed by atoms with Gasteiger partial charge in [-0.2, -0.15) is 13.2 Å². The lowest BCUT2D eigenvalue weighted by atomic mass is 9.95. The van der Waals surface area contributed by atoms with E-state index in [2.05, 4.69) is 5.32 Å². The van der Waals surface area contributed by atoms with E-state index in [1.165, 1.54) is 0 Å². The van der Waals surface area contributed by atoms with Crippen LogP contribution in [0, 0.1) is 5.41 Å². The number of anilines is 1. The number of hydrogen-bond acceptors (Lipinski definition) is 3. The van der Waals surface area contributed by atoms with E-state index in [0.29, 0.717) is 17.1 Å². The molecule has 2 N–H and O–H groups in total. The Labute approximate surface area is 115 Å². The minimum Gasteiger partial charge on any atom is -0.396 e. The summed E-state index contributed by atoms with van der Waals surface area (Å²) in [5, 5.41) is 12.2. The number of aliphatic hydroxyl groups is 1. The molecular formula is C13H18F3NOS. The number of benzene rings is 1. The monoisotopic (exact) mass is 293 g/mol. The van der Waals surface area contributed by atoms with Crippen LogP contribution in [0.25, 0.3) is 0 Å². The molecule has 1 aromatic carbocycles. The maximum atomic E-state index is 12.2. The van der Waals surface area contributed by atoms with Crippen LogP contribution in [0.3, 0.4) is 0 Å². The van der Waals surface area contributed by atoms with Crippen molar-refractivity contribution in [2.45, 2.75) is 24.9 Å². The van der Waals surface area contributed by atoms with Gasteiger partial charge in [0.2, 0.25) is 0 Å². The maximum absolute atomic E-state index is 12.2. The molecule has 0 fully saturated rings. The van der Waals surface area contributed by atoms with Crippen molar-refractivity contribution in [3.63, 3.8) is 0 Å². The molecule has 1 rings (SSSR count). The SMILES string of the molecule is CC(C)(CO)CNc1ccccc1SCC(F)(F)F. The summed E-state index contributed by atoms with van der Waals surface area (Å²) in [6, 6.07) is 6.88. The molecule has 0 radical (unpaired) electrons. The molecule has 0 spiro atoms. The summed E-state index contributed by atoms with van der Waals surface area (Å²) in [5.41, 5.74) is 0.347. The first-order chi connectivity index (χ1) is 8.73. The van der Waals surface area contributed by atoms with E-state index < -0.39 is 11.9 Å². The van der Waals surface area contributed by atoms with Crippen LogP contribution in [-0.2, 0) is 0 Å². The molecule has 1 aromatic rings. The van der Waals surface area contributed by atoms with Gasteiger partial charge >= 0.3 is 6.18 Å². The van der Waals surface area contributed by atoms with Crippen molar-refractivity contribution in [3.05, 3.63) is 24.3 Å². The highest BCUT2D eigenvalue weighted by molar-refractivity contribution is 7.99. The number of halogens is 3. The van der Waals surface area contributed by atoms with E-state index >= 15 is 0 Å². The van der Waals surface area contributed by atoms with Crippen molar-refractivity contribution in [3.8, 4) is 0 Å². The van der Waals surface area contributed by atoms with Crippen LogP contribution >= 0.6 is 11.8 Å². The highest BCUT2D eigenvalue weighted by Gasteiger charge is 2.27. The number of thioether (sulfide) groups is 1. The second-order valence-electron chi connectivity index (χ2n) is 5.08. The van der Waals surface area contributed by atoms with Crippen LogP contribution in [0.2, 0.25) is 0 Å². The molecule has 0 aromatic heterocycles. The number of para-hydroxylation sites is 1. The molecule has 0 saturated carbocycles. The van der Waals surface area contributed by atoms with Gasteiger partial charge in [0.05, 0.1) is 5.75 Å². The molecule has 0 aliphatic rings. The van der Waals surface area contributed by atoms with Crippen molar-refractivity contribution in [1.82, 2.24) is 0 Å². The standard InChI is InChI=1S/C13H18F3NOS/c1-12(2,8-18)7-17-10-5-3-4-6-11(10)19-9-13(14,15)16/h3-6,17-18H,7-9H2,1-2H3. The van der Waals surface area contributed by atoms with Gasteiger partial charge in [0.25, 0.3) is 0 Å². The Balaban J connectivity index is 2.68. The summed E-state index contributed by atoms with van der Waals surface area (Å²) in [6.45, 7) is 4.27. The molecule has 0 amide bonds. The smallest absolute Gasteiger partial charge is 0.396 e. The molecule has 6 heteroatoms. The van der Waals surface area contributed by atoms with Crippen molar-refractivity contribution >= 4 is 17.4 Å². The van der Waals surface area contributed by atoms with Gasteiger partial charge in [-0.25, -0.2) is 0 Å². The summed E-state index contributed by atoms with van der Waals surface area (Å²) in [4.78, 5) is 0.563. The van der Waals surface area contributed by atoms with E-state index in [1.807, 2.05) is 13.8 Å². The number of aliphatic hydroxyl groups excluding tert-OH is 1. The van der Waals surface area contributed by atoms with Crippen LogP contribution in [0.1, 0.15) is 13.8 Å². The molecule has 0 saturated heterocycles. The largest absolute Gasteiger partial charge is 0.398 e. The summed E-state index contributed by atoms with van der Waals surface area (Å²) in [5.74, 6) is -0.908. The zero-order chi connectivity index (χ0) is 14.5. The quantitative estimate of drug-likeness (QED) is 0.783. The highest BCUT2D eigenvalue weighted by atomic mass is 32.2. The third-order valence-electron chi connectivity index (χ3n) is 2.46. The molecule has 0 aliphatic carbocycles. The lowest BCUT2D eigenvalue weighted by Gasteiger charge is -2.23. The highest BCUT2D eigenvalue weighted by Crippen LogP contribution is 2.32. The van der Waals surface area contributed by atoms with E-state index in [9.17, 15) is 13.2 Å². The Morgan fingerprint density at radius 2 is 1.84 bits per heavy atom. The first kappa shape index (κ1) is 16.2. The second-order valence-corrected chi connectivity index (χ2v) is 6.09. The van der Waals surface area contributed by atoms with Crippen molar-refractivity contribution in [1.29, 1.82) is 0 Å². The first-order valence-electron chi connectivity index (χ1n) is 5.87. The summed E-state index contributed by atoms with van der Waals surface area (Å²) in [6.07, 6.45) is -4.18. The van der Waals surface area contributed by atoms with Crippen molar-refractivity contribution < 1.29 is 18.3 Å². The summed E-state index contributed by atoms with van der Waals surface area (Å²) < 4.78 is 36.7. The van der Waals surface area contributed by atoms with Gasteiger partial charge in [-0.05, 0) is 12.1 Å². The van der Waals surface area contributed by atoms with Crippen molar-refractivity contribution in [2.75, 3.05) is 24.2 Å². The fraction of sp³-hybridized carbons (Fsp3) is 0.538. The lowest BCUT2D eigenvalue weighted by Crippen LogP contribution is -2.27. The number of hydrogen-bond donors (Lipinski definition) is 2. The lowest BCUT2D eigenvalue weighted by molar-refractivity contribution is -0.105. The van der Waals surface area contributed by atoms with Crippen LogP contribution in [-0.4, -0.2) is 30.2 Å². The average molecular weight is 293 g/mol. The Morgan fingerprint density at radius 1 is 1.21 bits per heavy atom. The van der Waals surface area contributed by atoms with Crippen LogP contribution in [0.4, 0.5) is 18.9 Å². The minimum atomic E-state index is -4.18. The van der Waals surface area contributed by atoms with E-state index in [0.717, 1.165) is 11.8 Å². The van der Waals surface area contributed by atoms with Gasteiger partial charge in [-0.15, -0.1) is 11.8 Å². The topological polar surface area (TPSA) is 32.3 Å². The first-order valence-corrected chi connectivity index (χ1v) is 6.85. The normalized spacial score (nSPS) is 12.5. The Hall–Kier alpha value is -0.880. The molecule has 2 nitrogen and oxygen atoms in total. The molecule has 0 aliphatic heterocycles. The molecule has 0 atom stereocenters. The number of nitrogens with one attached hydrogen (secondary N) is 1. The molecular weight excluding hydrogens is 275 g/mol. The third kappa shape index (κ3) is 6.20. The summed E-state index contributed by atoms with van der Waals surface area (Å²) >= 11 is 0.762. The van der Waals surface area contributed by atoms with Crippen molar-refractivity contribution in [2.24, 2.45) is 5.41 Å². The van der Waals surface area contributed by atoms with Gasteiger partial charge in [-0.3, -0.25) is 0 Å². The zero-order valence-electron chi connectivity index (χ0n) is 10.9. The molecule has 108 valence electrons. The predicted octanol–water partition coefficient (Wildman–Crippen LogP) is 3.77. The Kier molecular flexibility index (Phi) is 5.55. The van der Waals surface area contributed by atoms with Gasteiger partial charge in [0.15, 0.2) is 0 Å². The Morgan fingerprint density at radius 3 is 2.42 bits per heavy atom. The van der Waals surface area contributed by atoms with Gasteiger partial charge in [0, 0.05) is 29.1 Å². The summed E-state index contributed by atoms with van der Waals surface area (Å²) in [7, 11) is 0.